The number of hydrogen-bond donors (Lipinski definition) is 7. The number of carbonyl (C=O) groups is 7. The number of nitrogens with one attached hydrogen (secondary N) is 3. The number of aliphatic imine (C=N–C) groups is 1. The Morgan fingerprint density at radius 3 is 2.15 bits per heavy atom. The monoisotopic (exact) mass is 587 g/mol. The molecule has 0 aliphatic heterocycles. The molecule has 0 saturated heterocycles. The van der Waals surface area contributed by atoms with Crippen molar-refractivity contribution in [1.82, 2.24) is 16.0 Å². The van der Waals surface area contributed by atoms with Gasteiger partial charge in [-0.3, -0.25) is 33.8 Å². The Morgan fingerprint density at radius 2 is 1.61 bits per heavy atom. The molecule has 0 heterocycles. The van der Waals surface area contributed by atoms with Gasteiger partial charge in [0, 0.05) is 19.4 Å². The topological polar surface area (TPSA) is 293 Å². The third-order valence-electron chi connectivity index (χ3n) is 5.24. The minimum Gasteiger partial charge on any atom is -0.548 e. The number of carbonyl (C=O) groups excluding carboxylic acids is 6. The minimum atomic E-state index is -1.81. The van der Waals surface area contributed by atoms with Crippen molar-refractivity contribution in [1.29, 1.82) is 0 Å². The van der Waals surface area contributed by atoms with Crippen LogP contribution in [0, 0.1) is 11.8 Å². The summed E-state index contributed by atoms with van der Waals surface area (Å²) in [6, 6.07) is -2.96. The van der Waals surface area contributed by atoms with E-state index in [-0.39, 0.29) is 50.7 Å². The highest BCUT2D eigenvalue weighted by Gasteiger charge is 2.28. The molecule has 0 aliphatic rings. The molecule has 0 radical (unpaired) electrons. The van der Waals surface area contributed by atoms with Crippen LogP contribution in [-0.4, -0.2) is 96.0 Å². The van der Waals surface area contributed by atoms with Crippen LogP contribution in [-0.2, 0) is 38.3 Å². The van der Waals surface area contributed by atoms with Crippen LogP contribution in [0.5, 0.6) is 0 Å². The summed E-state index contributed by atoms with van der Waals surface area (Å²) in [4.78, 5) is 87.5. The largest absolute Gasteiger partial charge is 0.548 e. The van der Waals surface area contributed by atoms with Crippen LogP contribution in [0.2, 0.25) is 0 Å². The van der Waals surface area contributed by atoms with Crippen LogP contribution in [0.3, 0.4) is 0 Å². The first-order chi connectivity index (χ1) is 19.2. The molecule has 0 bridgehead atoms. The highest BCUT2D eigenvalue weighted by atomic mass is 16.5. The molecule has 0 aromatic rings. The van der Waals surface area contributed by atoms with Gasteiger partial charge in [-0.25, -0.2) is 0 Å². The molecule has 0 aromatic carbocycles. The molecule has 9 N–H and O–H groups in total. The number of ether oxygens (including phenoxy) is 1. The van der Waals surface area contributed by atoms with Crippen molar-refractivity contribution in [2.75, 3.05) is 26.3 Å². The van der Waals surface area contributed by atoms with Crippen LogP contribution in [0.15, 0.2) is 4.99 Å². The number of hydrogen-bond acceptors (Lipinski definition) is 11. The summed E-state index contributed by atoms with van der Waals surface area (Å²) < 4.78 is 5.00. The van der Waals surface area contributed by atoms with E-state index in [1.807, 2.05) is 19.2 Å². The number of aliphatic hydroxyl groups excluding tert-OH is 1. The van der Waals surface area contributed by atoms with E-state index in [1.54, 1.807) is 0 Å². The summed E-state index contributed by atoms with van der Waals surface area (Å²) in [5.74, 6) is -8.72. The third-order valence-corrected chi connectivity index (χ3v) is 5.24. The second-order valence-corrected chi connectivity index (χ2v) is 9.46. The standard InChI is InChI=1S/C24H40N6O11/c1-13(2)12-41-20(36)6-5-18(33)29-16(4-3-7-27-24(25)26)22(38)28-10-15(32)8-14(9-19(34)35)21(37)30-17(11-31)23(39)40/h13-14,16-17,31H,3-12H2,1-2H3,(H,28,38)(H,29,33)(H,30,37)(H,34,35)(H,39,40)(H4,25,26,27)/p-1. The number of carboxylic acid groups (broad SMARTS) is 2. The molecule has 0 spiro atoms. The van der Waals surface area contributed by atoms with Gasteiger partial charge in [0.25, 0.3) is 0 Å². The molecule has 0 aliphatic carbocycles. The quantitative estimate of drug-likeness (QED) is 0.0291. The summed E-state index contributed by atoms with van der Waals surface area (Å²) in [5, 5.41) is 35.6. The molecule has 0 aromatic heterocycles. The van der Waals surface area contributed by atoms with Crippen molar-refractivity contribution >= 4 is 47.4 Å². The number of aliphatic carboxylic acids is 2. The minimum absolute atomic E-state index is 0.0517. The maximum absolute atomic E-state index is 12.8. The zero-order valence-corrected chi connectivity index (χ0v) is 23.1. The van der Waals surface area contributed by atoms with Gasteiger partial charge in [0.1, 0.15) is 6.04 Å². The zero-order chi connectivity index (χ0) is 31.5. The highest BCUT2D eigenvalue weighted by Crippen LogP contribution is 2.11. The SMILES string of the molecule is CC(C)COC(=O)CCC(=O)NC(CCCN=C(N)N)C(=O)NCC(=O)CC(CC(=O)O)C(=O)NC(CO)C(=O)[O-]. The van der Waals surface area contributed by atoms with Crippen molar-refractivity contribution in [3.05, 3.63) is 0 Å². The Labute approximate surface area is 236 Å². The predicted molar refractivity (Wildman–Crippen MR) is 139 cm³/mol. The number of Topliss-reactive ketones (excluding diaryl/α,β-unsaturated/α-hetero) is 1. The molecule has 41 heavy (non-hydrogen) atoms. The van der Waals surface area contributed by atoms with Gasteiger partial charge < -0.3 is 52.3 Å². The van der Waals surface area contributed by atoms with E-state index in [0.29, 0.717) is 0 Å². The van der Waals surface area contributed by atoms with Crippen LogP contribution in [0.1, 0.15) is 52.4 Å². The summed E-state index contributed by atoms with van der Waals surface area (Å²) in [6.45, 7) is 2.36. The van der Waals surface area contributed by atoms with Gasteiger partial charge in [-0.1, -0.05) is 13.8 Å². The Balaban J connectivity index is 5.20. The number of guanidine groups is 1. The molecule has 3 atom stereocenters. The first-order valence-corrected chi connectivity index (χ1v) is 12.8. The van der Waals surface area contributed by atoms with Gasteiger partial charge in [-0.2, -0.15) is 0 Å². The summed E-state index contributed by atoms with van der Waals surface area (Å²) in [6.07, 6.45) is -1.69. The maximum Gasteiger partial charge on any atom is 0.306 e. The van der Waals surface area contributed by atoms with Crippen LogP contribution < -0.4 is 32.5 Å². The second kappa shape index (κ2) is 19.7. The lowest BCUT2D eigenvalue weighted by Gasteiger charge is -2.21. The van der Waals surface area contributed by atoms with Gasteiger partial charge in [-0.05, 0) is 18.8 Å². The molecule has 3 unspecified atom stereocenters. The van der Waals surface area contributed by atoms with E-state index in [1.165, 1.54) is 0 Å². The van der Waals surface area contributed by atoms with Gasteiger partial charge in [0.2, 0.25) is 17.7 Å². The average Bonchev–Trinajstić information content (AvgIpc) is 2.88. The first kappa shape index (κ1) is 36.7. The number of rotatable bonds is 21. The number of nitrogens with zero attached hydrogens (tertiary/aromatic N) is 1. The molecule has 0 saturated carbocycles. The molecule has 0 fully saturated rings. The second-order valence-electron chi connectivity index (χ2n) is 9.46. The maximum atomic E-state index is 12.8. The number of amides is 3. The predicted octanol–water partition coefficient (Wildman–Crippen LogP) is -4.10. The Bertz CT molecular complexity index is 966. The Kier molecular flexibility index (Phi) is 17.7. The fourth-order valence-corrected chi connectivity index (χ4v) is 3.18. The molecule has 0 rings (SSSR count). The summed E-state index contributed by atoms with van der Waals surface area (Å²) in [7, 11) is 0. The van der Waals surface area contributed by atoms with E-state index >= 15 is 0 Å². The molecule has 3 amide bonds. The number of ketones is 1. The number of nitrogens with two attached hydrogens (primary N) is 2. The van der Waals surface area contributed by atoms with Crippen molar-refractivity contribution in [2.24, 2.45) is 28.3 Å². The molecule has 232 valence electrons. The van der Waals surface area contributed by atoms with E-state index in [4.69, 9.17) is 26.4 Å². The van der Waals surface area contributed by atoms with E-state index in [2.05, 4.69) is 15.6 Å². The van der Waals surface area contributed by atoms with Crippen molar-refractivity contribution in [3.8, 4) is 0 Å². The van der Waals surface area contributed by atoms with Crippen LogP contribution in [0.4, 0.5) is 0 Å². The zero-order valence-electron chi connectivity index (χ0n) is 23.1. The number of esters is 1. The Hall–Kier alpha value is -4.28. The smallest absolute Gasteiger partial charge is 0.306 e. The van der Waals surface area contributed by atoms with E-state index < -0.39 is 85.4 Å². The van der Waals surface area contributed by atoms with Gasteiger partial charge >= 0.3 is 11.9 Å². The van der Waals surface area contributed by atoms with Crippen molar-refractivity contribution < 1.29 is 53.6 Å². The fraction of sp³-hybridized carbons (Fsp3) is 0.667. The lowest BCUT2D eigenvalue weighted by atomic mass is 9.97. The number of carboxylic acids is 2. The van der Waals surface area contributed by atoms with Gasteiger partial charge in [0.05, 0.1) is 50.5 Å². The van der Waals surface area contributed by atoms with Crippen molar-refractivity contribution in [3.63, 3.8) is 0 Å². The molecular formula is C24H39N6O11-. The average molecular weight is 588 g/mol. The van der Waals surface area contributed by atoms with Crippen LogP contribution >= 0.6 is 0 Å². The van der Waals surface area contributed by atoms with Crippen LogP contribution in [0.25, 0.3) is 0 Å². The van der Waals surface area contributed by atoms with Gasteiger partial charge in [-0.15, -0.1) is 0 Å². The van der Waals surface area contributed by atoms with Crippen molar-refractivity contribution in [2.45, 2.75) is 64.5 Å². The molecular weight excluding hydrogens is 548 g/mol. The lowest BCUT2D eigenvalue weighted by Crippen LogP contribution is -2.52. The molecule has 17 nitrogen and oxygen atoms in total. The van der Waals surface area contributed by atoms with E-state index in [9.17, 15) is 38.7 Å². The number of aliphatic hydroxyl groups is 1. The highest BCUT2D eigenvalue weighted by molar-refractivity contribution is 5.94. The Morgan fingerprint density at radius 1 is 0.951 bits per heavy atom. The normalized spacial score (nSPS) is 12.8. The van der Waals surface area contributed by atoms with E-state index in [0.717, 1.165) is 0 Å². The first-order valence-electron chi connectivity index (χ1n) is 12.8. The molecule has 17 heteroatoms. The summed E-state index contributed by atoms with van der Waals surface area (Å²) >= 11 is 0. The van der Waals surface area contributed by atoms with Gasteiger partial charge in [0.15, 0.2) is 11.7 Å². The third kappa shape index (κ3) is 17.8. The lowest BCUT2D eigenvalue weighted by molar-refractivity contribution is -0.309. The summed E-state index contributed by atoms with van der Waals surface area (Å²) in [5.41, 5.74) is 10.5. The fourth-order valence-electron chi connectivity index (χ4n) is 3.18.